The number of fused-ring (bicyclic) bond motifs is 2. The van der Waals surface area contributed by atoms with Gasteiger partial charge < -0.3 is 9.64 Å². The number of carbonyl (C=O) groups excluding carboxylic acids is 1. The average Bonchev–Trinajstić information content (AvgIpc) is 3.48. The zero-order valence-electron chi connectivity index (χ0n) is 22.0. The number of ether oxygens (including phenoxy) is 1. The van der Waals surface area contributed by atoms with Crippen molar-refractivity contribution < 1.29 is 22.7 Å². The summed E-state index contributed by atoms with van der Waals surface area (Å²) >= 11 is 0. The number of hydrogen-bond acceptors (Lipinski definition) is 4. The lowest BCUT2D eigenvalue weighted by Crippen LogP contribution is -2.44. The summed E-state index contributed by atoms with van der Waals surface area (Å²) in [5, 5.41) is 0. The molecule has 0 unspecified atom stereocenters. The fourth-order valence-corrected chi connectivity index (χ4v) is 6.85. The number of hydrogen-bond donors (Lipinski definition) is 0. The number of carbonyl (C=O) groups is 1. The van der Waals surface area contributed by atoms with Crippen LogP contribution in [0.1, 0.15) is 62.6 Å². The van der Waals surface area contributed by atoms with Crippen molar-refractivity contribution in [2.75, 3.05) is 18.6 Å². The molecule has 3 aliphatic carbocycles. The topological polar surface area (TPSA) is 55.3 Å². The Labute approximate surface area is 226 Å². The zero-order valence-corrected chi connectivity index (χ0v) is 22.0. The first kappa shape index (κ1) is 25.8. The molecule has 3 fully saturated rings. The fourth-order valence-electron chi connectivity index (χ4n) is 6.85. The van der Waals surface area contributed by atoms with Gasteiger partial charge in [0, 0.05) is 47.7 Å². The standard InChI is InChI=1S/C31H32F3N3O2/c1-39-27-17-23(8-14-36-27)22-6-3-7-25(16-22)37(28(38)21-4-2-5-21)20-29-10-12-30(19-29,13-11-29)26-18-24(9-15-35-26)31(32,33)34/h3,6-9,14-18,21H,2,4-5,10-13,19-20H2,1H3. The highest BCUT2D eigenvalue weighted by Gasteiger charge is 2.56. The van der Waals surface area contributed by atoms with Crippen LogP contribution in [0.2, 0.25) is 0 Å². The summed E-state index contributed by atoms with van der Waals surface area (Å²) in [6.07, 6.45) is 5.57. The van der Waals surface area contributed by atoms with Crippen molar-refractivity contribution in [3.8, 4) is 17.0 Å². The number of amides is 1. The second kappa shape index (κ2) is 9.65. The zero-order chi connectivity index (χ0) is 27.3. The molecular weight excluding hydrogens is 503 g/mol. The molecule has 2 bridgehead atoms. The molecule has 0 radical (unpaired) electrons. The van der Waals surface area contributed by atoms with Gasteiger partial charge in [0.05, 0.1) is 12.7 Å². The second-order valence-electron chi connectivity index (χ2n) is 11.6. The first-order chi connectivity index (χ1) is 18.7. The van der Waals surface area contributed by atoms with Gasteiger partial charge >= 0.3 is 6.18 Å². The van der Waals surface area contributed by atoms with Crippen LogP contribution in [-0.4, -0.2) is 29.5 Å². The van der Waals surface area contributed by atoms with Crippen molar-refractivity contribution in [2.45, 2.75) is 63.0 Å². The molecule has 0 atom stereocenters. The lowest BCUT2D eigenvalue weighted by molar-refractivity contribution is -0.137. The summed E-state index contributed by atoms with van der Waals surface area (Å²) in [6.45, 7) is 0.576. The molecule has 39 heavy (non-hydrogen) atoms. The molecule has 0 saturated heterocycles. The van der Waals surface area contributed by atoms with E-state index in [0.29, 0.717) is 18.1 Å². The molecule has 5 nitrogen and oxygen atoms in total. The predicted molar refractivity (Wildman–Crippen MR) is 142 cm³/mol. The molecule has 2 heterocycles. The van der Waals surface area contributed by atoms with E-state index in [4.69, 9.17) is 4.74 Å². The third-order valence-electron chi connectivity index (χ3n) is 9.26. The molecule has 1 aromatic carbocycles. The van der Waals surface area contributed by atoms with Crippen molar-refractivity contribution in [1.82, 2.24) is 9.97 Å². The van der Waals surface area contributed by atoms with Crippen molar-refractivity contribution in [3.63, 3.8) is 0 Å². The monoisotopic (exact) mass is 535 g/mol. The van der Waals surface area contributed by atoms with Gasteiger partial charge in [0.15, 0.2) is 0 Å². The number of pyridine rings is 2. The lowest BCUT2D eigenvalue weighted by atomic mass is 9.79. The van der Waals surface area contributed by atoms with Gasteiger partial charge in [-0.2, -0.15) is 13.2 Å². The summed E-state index contributed by atoms with van der Waals surface area (Å²) in [5.74, 6) is 0.709. The summed E-state index contributed by atoms with van der Waals surface area (Å²) < 4.78 is 45.6. The lowest BCUT2D eigenvalue weighted by Gasteiger charge is -2.38. The van der Waals surface area contributed by atoms with Crippen LogP contribution >= 0.6 is 0 Å². The highest BCUT2D eigenvalue weighted by Crippen LogP contribution is 2.62. The van der Waals surface area contributed by atoms with Crippen LogP contribution in [-0.2, 0) is 16.4 Å². The Morgan fingerprint density at radius 3 is 2.44 bits per heavy atom. The van der Waals surface area contributed by atoms with Crippen LogP contribution in [0, 0.1) is 11.3 Å². The highest BCUT2D eigenvalue weighted by atomic mass is 19.4. The van der Waals surface area contributed by atoms with Crippen molar-refractivity contribution in [2.24, 2.45) is 11.3 Å². The number of anilines is 1. The molecular formula is C31H32F3N3O2. The van der Waals surface area contributed by atoms with Crippen LogP contribution in [0.15, 0.2) is 60.9 Å². The Kier molecular flexibility index (Phi) is 6.39. The number of halogens is 3. The first-order valence-electron chi connectivity index (χ1n) is 13.7. The second-order valence-corrected chi connectivity index (χ2v) is 11.6. The van der Waals surface area contributed by atoms with Crippen LogP contribution in [0.3, 0.4) is 0 Å². The van der Waals surface area contributed by atoms with Gasteiger partial charge in [-0.25, -0.2) is 4.98 Å². The van der Waals surface area contributed by atoms with E-state index in [-0.39, 0.29) is 22.7 Å². The van der Waals surface area contributed by atoms with Gasteiger partial charge in [-0.05, 0) is 91.8 Å². The van der Waals surface area contributed by atoms with Gasteiger partial charge in [0.2, 0.25) is 11.8 Å². The molecule has 0 N–H and O–H groups in total. The third kappa shape index (κ3) is 4.79. The van der Waals surface area contributed by atoms with Gasteiger partial charge in [0.1, 0.15) is 0 Å². The highest BCUT2D eigenvalue weighted by molar-refractivity contribution is 5.96. The molecule has 3 aliphatic rings. The quantitative estimate of drug-likeness (QED) is 0.321. The van der Waals surface area contributed by atoms with Crippen LogP contribution in [0.4, 0.5) is 18.9 Å². The van der Waals surface area contributed by atoms with Crippen LogP contribution < -0.4 is 9.64 Å². The Morgan fingerprint density at radius 1 is 1.00 bits per heavy atom. The summed E-state index contributed by atoms with van der Waals surface area (Å²) in [6, 6.07) is 14.1. The number of alkyl halides is 3. The fraction of sp³-hybridized carbons (Fsp3) is 0.452. The maximum absolute atomic E-state index is 13.8. The molecule has 3 aromatic rings. The van der Waals surface area contributed by atoms with E-state index in [0.717, 1.165) is 74.2 Å². The van der Waals surface area contributed by atoms with Crippen molar-refractivity contribution in [3.05, 3.63) is 72.2 Å². The molecule has 204 valence electrons. The van der Waals surface area contributed by atoms with Gasteiger partial charge in [-0.1, -0.05) is 18.6 Å². The van der Waals surface area contributed by atoms with Crippen LogP contribution in [0.5, 0.6) is 5.88 Å². The van der Waals surface area contributed by atoms with E-state index in [1.54, 1.807) is 13.3 Å². The van der Waals surface area contributed by atoms with Crippen molar-refractivity contribution in [1.29, 1.82) is 0 Å². The number of methoxy groups -OCH3 is 1. The molecule has 1 amide bonds. The minimum absolute atomic E-state index is 0.0313. The number of rotatable bonds is 7. The number of benzene rings is 1. The van der Waals surface area contributed by atoms with Gasteiger partial charge in [-0.3, -0.25) is 9.78 Å². The molecule has 3 saturated carbocycles. The Morgan fingerprint density at radius 2 is 1.74 bits per heavy atom. The largest absolute Gasteiger partial charge is 0.481 e. The Hall–Kier alpha value is -3.42. The minimum atomic E-state index is -4.39. The number of aromatic nitrogens is 2. The third-order valence-corrected chi connectivity index (χ3v) is 9.26. The summed E-state index contributed by atoms with van der Waals surface area (Å²) in [5.41, 5.74) is 2.19. The molecule has 0 aliphatic heterocycles. The predicted octanol–water partition coefficient (Wildman–Crippen LogP) is 7.21. The minimum Gasteiger partial charge on any atom is -0.481 e. The maximum Gasteiger partial charge on any atom is 0.416 e. The SMILES string of the molecule is COc1cc(-c2cccc(N(CC34CCC(c5cc(C(F)(F)F)ccn5)(CC3)C4)C(=O)C3CCC3)c2)ccn1. The van der Waals surface area contributed by atoms with Gasteiger partial charge in [-0.15, -0.1) is 0 Å². The Bertz CT molecular complexity index is 1380. The Balaban J connectivity index is 1.30. The smallest absolute Gasteiger partial charge is 0.416 e. The molecule has 6 rings (SSSR count). The summed E-state index contributed by atoms with van der Waals surface area (Å²) in [4.78, 5) is 24.4. The normalized spacial score (nSPS) is 24.4. The van der Waals surface area contributed by atoms with Crippen LogP contribution in [0.25, 0.3) is 11.1 Å². The van der Waals surface area contributed by atoms with E-state index >= 15 is 0 Å². The maximum atomic E-state index is 13.8. The number of nitrogens with zero attached hydrogens (tertiary/aromatic N) is 3. The average molecular weight is 536 g/mol. The summed E-state index contributed by atoms with van der Waals surface area (Å²) in [7, 11) is 1.58. The van der Waals surface area contributed by atoms with E-state index in [9.17, 15) is 18.0 Å². The van der Waals surface area contributed by atoms with E-state index in [1.807, 2.05) is 41.3 Å². The molecule has 0 spiro atoms. The molecule has 8 heteroatoms. The first-order valence-corrected chi connectivity index (χ1v) is 13.7. The van der Waals surface area contributed by atoms with E-state index < -0.39 is 11.7 Å². The molecule has 2 aromatic heterocycles. The van der Waals surface area contributed by atoms with E-state index in [2.05, 4.69) is 9.97 Å². The van der Waals surface area contributed by atoms with Crippen molar-refractivity contribution >= 4 is 11.6 Å². The van der Waals surface area contributed by atoms with Gasteiger partial charge in [0.25, 0.3) is 0 Å². The van der Waals surface area contributed by atoms with E-state index in [1.165, 1.54) is 12.3 Å².